The molecule has 1 aliphatic rings. The average molecular weight is 324 g/mol. The molecule has 1 aliphatic heterocycles. The molecular formula is C9H13IN2OS. The highest BCUT2D eigenvalue weighted by Crippen LogP contribution is 2.23. The van der Waals surface area contributed by atoms with Crippen molar-refractivity contribution >= 4 is 38.0 Å². The Balaban J connectivity index is 2.09. The lowest BCUT2D eigenvalue weighted by Gasteiger charge is -2.24. The van der Waals surface area contributed by atoms with Gasteiger partial charge in [0.25, 0.3) is 0 Å². The molecule has 0 unspecified atom stereocenters. The second-order valence-corrected chi connectivity index (χ2v) is 7.74. The summed E-state index contributed by atoms with van der Waals surface area (Å²) in [5.41, 5.74) is 0. The Labute approximate surface area is 98.0 Å². The molecule has 1 saturated heterocycles. The summed E-state index contributed by atoms with van der Waals surface area (Å²) in [6, 6.07) is 0.426. The van der Waals surface area contributed by atoms with Crippen molar-refractivity contribution in [2.45, 2.75) is 18.9 Å². The number of nitrogens with zero attached hydrogens (tertiary/aromatic N) is 2. The van der Waals surface area contributed by atoms with Crippen LogP contribution in [0.1, 0.15) is 18.9 Å². The van der Waals surface area contributed by atoms with E-state index in [2.05, 4.69) is 33.6 Å². The van der Waals surface area contributed by atoms with Gasteiger partial charge >= 0.3 is 0 Å². The molecule has 0 saturated carbocycles. The lowest BCUT2D eigenvalue weighted by atomic mass is 10.2. The van der Waals surface area contributed by atoms with Crippen LogP contribution in [-0.2, 0) is 9.52 Å². The van der Waals surface area contributed by atoms with E-state index in [0.717, 1.165) is 27.9 Å². The summed E-state index contributed by atoms with van der Waals surface area (Å²) >= 11 is 2.25. The average Bonchev–Trinajstić information content (AvgIpc) is 2.52. The maximum Gasteiger partial charge on any atom is 0.0623 e. The molecule has 0 aliphatic carbocycles. The van der Waals surface area contributed by atoms with Crippen molar-refractivity contribution in [3.05, 3.63) is 16.0 Å². The second kappa shape index (κ2) is 3.84. The molecule has 0 atom stereocenters. The minimum Gasteiger partial charge on any atom is -0.269 e. The van der Waals surface area contributed by atoms with Gasteiger partial charge in [-0.3, -0.25) is 8.89 Å². The molecule has 0 spiro atoms. The minimum atomic E-state index is -1.76. The molecule has 14 heavy (non-hydrogen) atoms. The number of hydrogen-bond donors (Lipinski definition) is 0. The molecule has 0 radical (unpaired) electrons. The van der Waals surface area contributed by atoms with E-state index in [1.54, 1.807) is 0 Å². The Morgan fingerprint density at radius 2 is 2.21 bits per heavy atom. The van der Waals surface area contributed by atoms with Crippen molar-refractivity contribution in [3.8, 4) is 0 Å². The molecule has 0 N–H and O–H groups in total. The van der Waals surface area contributed by atoms with Gasteiger partial charge in [0, 0.05) is 17.7 Å². The topological polar surface area (TPSA) is 34.9 Å². The van der Waals surface area contributed by atoms with E-state index < -0.39 is 9.52 Å². The third kappa shape index (κ3) is 2.31. The third-order valence-electron chi connectivity index (χ3n) is 2.59. The van der Waals surface area contributed by atoms with Gasteiger partial charge in [0.05, 0.1) is 15.8 Å². The van der Waals surface area contributed by atoms with E-state index >= 15 is 0 Å². The van der Waals surface area contributed by atoms with Crippen molar-refractivity contribution in [2.75, 3.05) is 11.5 Å². The van der Waals surface area contributed by atoms with E-state index in [9.17, 15) is 4.21 Å². The molecule has 1 fully saturated rings. The van der Waals surface area contributed by atoms with Gasteiger partial charge in [0.1, 0.15) is 0 Å². The van der Waals surface area contributed by atoms with E-state index in [-0.39, 0.29) is 0 Å². The fraction of sp³-hybridized carbons (Fsp3) is 0.556. The van der Waals surface area contributed by atoms with Gasteiger partial charge in [-0.2, -0.15) is 5.10 Å². The van der Waals surface area contributed by atoms with Crippen molar-refractivity contribution in [3.63, 3.8) is 0 Å². The summed E-state index contributed by atoms with van der Waals surface area (Å²) in [5.74, 6) is 5.25. The number of halogens is 1. The molecule has 2 heterocycles. The van der Waals surface area contributed by atoms with E-state index in [1.165, 1.54) is 0 Å². The van der Waals surface area contributed by atoms with Crippen molar-refractivity contribution < 1.29 is 4.21 Å². The van der Waals surface area contributed by atoms with Crippen LogP contribution in [-0.4, -0.2) is 31.4 Å². The maximum atomic E-state index is 11.6. The van der Waals surface area contributed by atoms with Crippen LogP contribution >= 0.6 is 22.6 Å². The van der Waals surface area contributed by atoms with Crippen LogP contribution in [0.2, 0.25) is 0 Å². The Morgan fingerprint density at radius 1 is 1.57 bits per heavy atom. The molecule has 0 amide bonds. The first kappa shape index (κ1) is 10.5. The lowest BCUT2D eigenvalue weighted by molar-refractivity contribution is 0.421. The largest absolute Gasteiger partial charge is 0.269 e. The Bertz CT molecular complexity index is 410. The highest BCUT2D eigenvalue weighted by atomic mass is 127. The van der Waals surface area contributed by atoms with E-state index in [4.69, 9.17) is 0 Å². The van der Waals surface area contributed by atoms with Gasteiger partial charge in [-0.1, -0.05) is 0 Å². The summed E-state index contributed by atoms with van der Waals surface area (Å²) in [4.78, 5) is 0. The fourth-order valence-corrected chi connectivity index (χ4v) is 3.74. The highest BCUT2D eigenvalue weighted by molar-refractivity contribution is 14.1. The predicted molar refractivity (Wildman–Crippen MR) is 68.2 cm³/mol. The number of hydrogen-bond acceptors (Lipinski definition) is 2. The Kier molecular flexibility index (Phi) is 2.88. The molecule has 5 heteroatoms. The third-order valence-corrected chi connectivity index (χ3v) is 5.11. The van der Waals surface area contributed by atoms with E-state index in [1.807, 2.05) is 17.1 Å². The summed E-state index contributed by atoms with van der Waals surface area (Å²) in [6.07, 6.45) is 5.79. The first-order valence-corrected chi connectivity index (χ1v) is 7.73. The van der Waals surface area contributed by atoms with Crippen LogP contribution in [0.15, 0.2) is 12.4 Å². The van der Waals surface area contributed by atoms with Gasteiger partial charge in [0.2, 0.25) is 0 Å². The molecule has 0 bridgehead atoms. The monoisotopic (exact) mass is 324 g/mol. The lowest BCUT2D eigenvalue weighted by Crippen LogP contribution is -2.25. The zero-order chi connectivity index (χ0) is 10.2. The SMILES string of the molecule is C=S1(=O)CCC(n2cc(I)cn2)CC1. The van der Waals surface area contributed by atoms with Crippen LogP contribution in [0.3, 0.4) is 0 Å². The molecule has 1 aromatic rings. The molecular weight excluding hydrogens is 311 g/mol. The Hall–Kier alpha value is -0.0400. The quantitative estimate of drug-likeness (QED) is 0.580. The first-order chi connectivity index (χ1) is 6.57. The zero-order valence-corrected chi connectivity index (χ0v) is 10.8. The standard InChI is InChI=1S/C9H13IN2OS/c1-14(13)4-2-9(3-5-14)12-7-8(10)6-11-12/h6-7,9H,1-5H2. The van der Waals surface area contributed by atoms with Crippen LogP contribution in [0.25, 0.3) is 0 Å². The van der Waals surface area contributed by atoms with Crippen LogP contribution in [0.5, 0.6) is 0 Å². The van der Waals surface area contributed by atoms with Crippen molar-refractivity contribution in [1.29, 1.82) is 0 Å². The number of rotatable bonds is 1. The molecule has 0 aromatic carbocycles. The second-order valence-electron chi connectivity index (χ2n) is 3.74. The number of aromatic nitrogens is 2. The van der Waals surface area contributed by atoms with E-state index in [0.29, 0.717) is 6.04 Å². The molecule has 78 valence electrons. The summed E-state index contributed by atoms with van der Waals surface area (Å²) < 4.78 is 14.8. The van der Waals surface area contributed by atoms with Crippen LogP contribution < -0.4 is 0 Å². The Morgan fingerprint density at radius 3 is 2.71 bits per heavy atom. The van der Waals surface area contributed by atoms with Gasteiger partial charge in [0.15, 0.2) is 0 Å². The molecule has 2 rings (SSSR count). The highest BCUT2D eigenvalue weighted by Gasteiger charge is 2.21. The first-order valence-electron chi connectivity index (χ1n) is 4.59. The normalized spacial score (nSPS) is 33.1. The van der Waals surface area contributed by atoms with Gasteiger partial charge in [-0.15, -0.1) is 0 Å². The van der Waals surface area contributed by atoms with Crippen LogP contribution in [0, 0.1) is 3.57 Å². The predicted octanol–water partition coefficient (Wildman–Crippen LogP) is 1.54. The molecule has 1 aromatic heterocycles. The van der Waals surface area contributed by atoms with Crippen molar-refractivity contribution in [1.82, 2.24) is 9.78 Å². The summed E-state index contributed by atoms with van der Waals surface area (Å²) in [7, 11) is -1.76. The maximum absolute atomic E-state index is 11.6. The summed E-state index contributed by atoms with van der Waals surface area (Å²) in [6.45, 7) is 0. The van der Waals surface area contributed by atoms with Gasteiger partial charge in [-0.05, 0) is 50.8 Å². The fourth-order valence-electron chi connectivity index (χ4n) is 1.73. The zero-order valence-electron chi connectivity index (χ0n) is 7.86. The summed E-state index contributed by atoms with van der Waals surface area (Å²) in [5, 5.41) is 4.28. The molecule has 3 nitrogen and oxygen atoms in total. The van der Waals surface area contributed by atoms with Crippen molar-refractivity contribution in [2.24, 2.45) is 0 Å². The van der Waals surface area contributed by atoms with Gasteiger partial charge in [-0.25, -0.2) is 0 Å². The smallest absolute Gasteiger partial charge is 0.0623 e. The van der Waals surface area contributed by atoms with Crippen LogP contribution in [0.4, 0.5) is 0 Å². The minimum absolute atomic E-state index is 0.426. The van der Waals surface area contributed by atoms with Gasteiger partial charge < -0.3 is 0 Å².